The smallest absolute Gasteiger partial charge is 0.242 e. The van der Waals surface area contributed by atoms with Crippen LogP contribution in [0.1, 0.15) is 170 Å². The standard InChI is InChI=1S/C58H86N8O4/c1-7-9-11-13-15-17-19-21-23-29-39-59-57(69)53(43(3)4)63-51(67)41-65-49-33-27-25-31-47(49)61-55(65)45-35-37-46(38-36-45)56-62-48-32-26-28-34-50(48)66(56)42-52(68)64-54(44(5)6)58(70)60-40-30-24-22-20-18-16-14-12-10-8-2/h25-28,31-38,43-44,53-54H,7-24,29-30,39-42H2,1-6H3,(H,59,69)(H,60,70)(H,63,67)(H,64,68)/t53-,54-/m1/s1. The molecular weight excluding hydrogens is 873 g/mol. The Hall–Kier alpha value is -5.52. The number of amides is 4. The maximum Gasteiger partial charge on any atom is 0.242 e. The first-order chi connectivity index (χ1) is 34.0. The molecule has 2 atom stereocenters. The van der Waals surface area contributed by atoms with Crippen molar-refractivity contribution in [3.63, 3.8) is 0 Å². The molecule has 0 fully saturated rings. The molecule has 4 amide bonds. The number of fused-ring (bicyclic) bond motifs is 2. The molecular formula is C58H86N8O4. The van der Waals surface area contributed by atoms with Gasteiger partial charge in [-0.05, 0) is 48.9 Å². The highest BCUT2D eigenvalue weighted by molar-refractivity contribution is 5.91. The van der Waals surface area contributed by atoms with Crippen molar-refractivity contribution in [1.29, 1.82) is 0 Å². The average molecular weight is 959 g/mol. The molecule has 0 unspecified atom stereocenters. The summed E-state index contributed by atoms with van der Waals surface area (Å²) in [6.07, 6.45) is 24.6. The summed E-state index contributed by atoms with van der Waals surface area (Å²) in [5.41, 5.74) is 4.72. The highest BCUT2D eigenvalue weighted by Crippen LogP contribution is 2.30. The summed E-state index contributed by atoms with van der Waals surface area (Å²) in [5, 5.41) is 12.2. The van der Waals surface area contributed by atoms with E-state index in [0.717, 1.165) is 58.9 Å². The molecule has 0 radical (unpaired) electrons. The summed E-state index contributed by atoms with van der Waals surface area (Å²) < 4.78 is 3.80. The fraction of sp³-hybridized carbons (Fsp3) is 0.586. The number of aromatic nitrogens is 4. The van der Waals surface area contributed by atoms with Gasteiger partial charge in [0, 0.05) is 24.2 Å². The van der Waals surface area contributed by atoms with Crippen LogP contribution in [0.15, 0.2) is 72.8 Å². The van der Waals surface area contributed by atoms with Crippen molar-refractivity contribution in [2.45, 2.75) is 195 Å². The Morgan fingerprint density at radius 3 is 1.09 bits per heavy atom. The lowest BCUT2D eigenvalue weighted by Crippen LogP contribution is -2.50. The Balaban J connectivity index is 1.20. The number of unbranched alkanes of at least 4 members (excludes halogenated alkanes) is 18. The second-order valence-electron chi connectivity index (χ2n) is 20.1. The van der Waals surface area contributed by atoms with Gasteiger partial charge in [-0.3, -0.25) is 19.2 Å². The molecule has 0 spiro atoms. The number of benzene rings is 3. The maximum absolute atomic E-state index is 13.8. The molecule has 12 heteroatoms. The number of carbonyl (C=O) groups is 4. The van der Waals surface area contributed by atoms with Crippen molar-refractivity contribution in [3.8, 4) is 22.8 Å². The van der Waals surface area contributed by atoms with Crippen molar-refractivity contribution in [2.75, 3.05) is 13.1 Å². The van der Waals surface area contributed by atoms with Crippen molar-refractivity contribution in [2.24, 2.45) is 11.8 Å². The lowest BCUT2D eigenvalue weighted by Gasteiger charge is -2.22. The van der Waals surface area contributed by atoms with Gasteiger partial charge in [-0.25, -0.2) is 9.97 Å². The monoisotopic (exact) mass is 959 g/mol. The van der Waals surface area contributed by atoms with Gasteiger partial charge in [0.1, 0.15) is 36.8 Å². The van der Waals surface area contributed by atoms with Gasteiger partial charge >= 0.3 is 0 Å². The fourth-order valence-electron chi connectivity index (χ4n) is 9.34. The quantitative estimate of drug-likeness (QED) is 0.0301. The second-order valence-corrected chi connectivity index (χ2v) is 20.1. The van der Waals surface area contributed by atoms with E-state index in [2.05, 4.69) is 35.1 Å². The summed E-state index contributed by atoms with van der Waals surface area (Å²) >= 11 is 0. The summed E-state index contributed by atoms with van der Waals surface area (Å²) in [6, 6.07) is 22.0. The zero-order valence-corrected chi connectivity index (χ0v) is 43.6. The molecule has 2 heterocycles. The third kappa shape index (κ3) is 17.4. The van der Waals surface area contributed by atoms with E-state index in [1.165, 1.54) is 103 Å². The van der Waals surface area contributed by atoms with Crippen LogP contribution in [-0.2, 0) is 32.3 Å². The summed E-state index contributed by atoms with van der Waals surface area (Å²) in [5.74, 6) is 0.182. The number of hydrogen-bond acceptors (Lipinski definition) is 6. The van der Waals surface area contributed by atoms with E-state index in [9.17, 15) is 19.2 Å². The molecule has 0 saturated carbocycles. The first kappa shape index (κ1) is 55.4. The molecule has 0 aliphatic heterocycles. The topological polar surface area (TPSA) is 152 Å². The van der Waals surface area contributed by atoms with Crippen LogP contribution in [0.2, 0.25) is 0 Å². The van der Waals surface area contributed by atoms with Crippen molar-refractivity contribution in [3.05, 3.63) is 72.8 Å². The second kappa shape index (κ2) is 30.3. The first-order valence-corrected chi connectivity index (χ1v) is 27.2. The maximum atomic E-state index is 13.8. The highest BCUT2D eigenvalue weighted by atomic mass is 16.2. The summed E-state index contributed by atoms with van der Waals surface area (Å²) in [7, 11) is 0. The first-order valence-electron chi connectivity index (χ1n) is 27.2. The van der Waals surface area contributed by atoms with Gasteiger partial charge in [0.05, 0.1) is 22.1 Å². The zero-order valence-electron chi connectivity index (χ0n) is 43.6. The van der Waals surface area contributed by atoms with E-state index in [1.54, 1.807) is 0 Å². The molecule has 2 aromatic heterocycles. The van der Waals surface area contributed by atoms with Gasteiger partial charge in [-0.15, -0.1) is 0 Å². The molecule has 5 aromatic rings. The van der Waals surface area contributed by atoms with Crippen LogP contribution in [0.3, 0.4) is 0 Å². The van der Waals surface area contributed by atoms with E-state index < -0.39 is 12.1 Å². The molecule has 0 bridgehead atoms. The van der Waals surface area contributed by atoms with Gasteiger partial charge in [-0.1, -0.05) is 206 Å². The lowest BCUT2D eigenvalue weighted by molar-refractivity contribution is -0.130. The van der Waals surface area contributed by atoms with E-state index in [1.807, 2.05) is 110 Å². The van der Waals surface area contributed by atoms with Gasteiger partial charge in [0.2, 0.25) is 23.6 Å². The summed E-state index contributed by atoms with van der Waals surface area (Å²) in [4.78, 5) is 64.4. The molecule has 0 aliphatic carbocycles. The normalized spacial score (nSPS) is 12.5. The van der Waals surface area contributed by atoms with Crippen LogP contribution in [0.5, 0.6) is 0 Å². The van der Waals surface area contributed by atoms with Crippen molar-refractivity contribution in [1.82, 2.24) is 40.4 Å². The molecule has 12 nitrogen and oxygen atoms in total. The fourth-order valence-corrected chi connectivity index (χ4v) is 9.34. The Kier molecular flexibility index (Phi) is 24.0. The van der Waals surface area contributed by atoms with Gasteiger partial charge < -0.3 is 30.4 Å². The van der Waals surface area contributed by atoms with Crippen LogP contribution in [0.4, 0.5) is 0 Å². The minimum absolute atomic E-state index is 0.0217. The predicted octanol–water partition coefficient (Wildman–Crippen LogP) is 12.1. The van der Waals surface area contributed by atoms with E-state index in [-0.39, 0.29) is 48.6 Å². The number of nitrogens with zero attached hydrogens (tertiary/aromatic N) is 4. The molecule has 4 N–H and O–H groups in total. The Bertz CT molecular complexity index is 2180. The van der Waals surface area contributed by atoms with Gasteiger partial charge in [0.15, 0.2) is 0 Å². The number of hydrogen-bond donors (Lipinski definition) is 4. The molecule has 5 rings (SSSR count). The highest BCUT2D eigenvalue weighted by Gasteiger charge is 2.27. The third-order valence-electron chi connectivity index (χ3n) is 13.5. The molecule has 70 heavy (non-hydrogen) atoms. The Morgan fingerprint density at radius 2 is 0.757 bits per heavy atom. The predicted molar refractivity (Wildman–Crippen MR) is 287 cm³/mol. The minimum atomic E-state index is -0.665. The van der Waals surface area contributed by atoms with E-state index in [0.29, 0.717) is 24.7 Å². The third-order valence-corrected chi connectivity index (χ3v) is 13.5. The minimum Gasteiger partial charge on any atom is -0.354 e. The lowest BCUT2D eigenvalue weighted by atomic mass is 10.0. The van der Waals surface area contributed by atoms with E-state index >= 15 is 0 Å². The Morgan fingerprint density at radius 1 is 0.443 bits per heavy atom. The Labute approximate surface area is 419 Å². The number of rotatable bonds is 34. The van der Waals surface area contributed by atoms with Gasteiger partial charge in [-0.2, -0.15) is 0 Å². The molecule has 0 saturated heterocycles. The van der Waals surface area contributed by atoms with Crippen molar-refractivity contribution >= 4 is 45.7 Å². The molecule has 382 valence electrons. The summed E-state index contributed by atoms with van der Waals surface area (Å²) in [6.45, 7) is 13.5. The number of nitrogens with one attached hydrogen (secondary N) is 4. The largest absolute Gasteiger partial charge is 0.354 e. The van der Waals surface area contributed by atoms with Crippen LogP contribution in [-0.4, -0.2) is 67.9 Å². The van der Waals surface area contributed by atoms with Crippen LogP contribution < -0.4 is 21.3 Å². The van der Waals surface area contributed by atoms with Crippen LogP contribution in [0, 0.1) is 11.8 Å². The molecule has 3 aromatic carbocycles. The van der Waals surface area contributed by atoms with E-state index in [4.69, 9.17) is 9.97 Å². The van der Waals surface area contributed by atoms with Crippen LogP contribution >= 0.6 is 0 Å². The number of carbonyl (C=O) groups excluding carboxylic acids is 4. The van der Waals surface area contributed by atoms with Crippen molar-refractivity contribution < 1.29 is 19.2 Å². The number of imidazole rings is 2. The SMILES string of the molecule is CCCCCCCCCCCCNC(=O)[C@H](NC(=O)Cn1c(-c2ccc(-c3nc4ccccc4n3CC(=O)N[C@@H](C(=O)NCCCCCCCCCCCC)C(C)C)cc2)nc2ccccc21)C(C)C. The number of para-hydroxylation sites is 4. The molecule has 0 aliphatic rings. The van der Waals surface area contributed by atoms with Gasteiger partial charge in [0.25, 0.3) is 0 Å². The van der Waals surface area contributed by atoms with Crippen LogP contribution in [0.25, 0.3) is 44.8 Å². The average Bonchev–Trinajstić information content (AvgIpc) is 3.90. The zero-order chi connectivity index (χ0) is 50.1.